The van der Waals surface area contributed by atoms with Gasteiger partial charge < -0.3 is 30.3 Å². The summed E-state index contributed by atoms with van der Waals surface area (Å²) < 4.78 is 5.87. The van der Waals surface area contributed by atoms with Gasteiger partial charge in [0.25, 0.3) is 0 Å². The van der Waals surface area contributed by atoms with E-state index in [4.69, 9.17) is 4.74 Å². The number of rotatable bonds is 18. The summed E-state index contributed by atoms with van der Waals surface area (Å²) in [7, 11) is 4.63. The Labute approximate surface area is 285 Å². The van der Waals surface area contributed by atoms with E-state index in [1.54, 1.807) is 38.7 Å². The zero-order valence-electron chi connectivity index (χ0n) is 30.3. The van der Waals surface area contributed by atoms with Crippen LogP contribution in [0.15, 0.2) is 16.6 Å². The van der Waals surface area contributed by atoms with Crippen LogP contribution in [-0.4, -0.2) is 114 Å². The number of aliphatic imine (C=N–C) groups is 1. The first-order valence-corrected chi connectivity index (χ1v) is 17.5. The summed E-state index contributed by atoms with van der Waals surface area (Å²) in [5.41, 5.74) is 0.106. The van der Waals surface area contributed by atoms with Crippen LogP contribution in [0.25, 0.3) is 0 Å². The SMILES string of the molecule is CCC(C)CC(=O)N(C)CC(=O)OC(C[C@@H](C)CC(O)CC1=NC(/C=C(\C)C(=O)NCC(=O)N(C)[C@@H](C)C(=O)NC)CS1)C(C)(C)C. The summed E-state index contributed by atoms with van der Waals surface area (Å²) in [6, 6.07) is -0.883. The second-order valence-corrected chi connectivity index (χ2v) is 15.1. The van der Waals surface area contributed by atoms with Crippen LogP contribution in [0.1, 0.15) is 87.5 Å². The number of nitrogens with zero attached hydrogens (tertiary/aromatic N) is 3. The molecule has 4 unspecified atom stereocenters. The number of ether oxygens (including phenoxy) is 1. The molecule has 1 heterocycles. The van der Waals surface area contributed by atoms with Crippen LogP contribution in [0.5, 0.6) is 0 Å². The van der Waals surface area contributed by atoms with Crippen LogP contribution in [0.3, 0.4) is 0 Å². The minimum Gasteiger partial charge on any atom is -0.460 e. The molecule has 1 rings (SSSR count). The first-order chi connectivity index (χ1) is 21.8. The number of thioether (sulfide) groups is 1. The van der Waals surface area contributed by atoms with Crippen LogP contribution in [0.4, 0.5) is 0 Å². The number of esters is 1. The number of aliphatic hydroxyl groups is 1. The highest BCUT2D eigenvalue weighted by Crippen LogP contribution is 2.31. The van der Waals surface area contributed by atoms with Gasteiger partial charge in [0.1, 0.15) is 18.7 Å². The van der Waals surface area contributed by atoms with Gasteiger partial charge in [0.2, 0.25) is 23.6 Å². The lowest BCUT2D eigenvalue weighted by Crippen LogP contribution is -2.48. The monoisotopic (exact) mass is 681 g/mol. The molecule has 0 fully saturated rings. The zero-order chi connectivity index (χ0) is 36.1. The highest BCUT2D eigenvalue weighted by molar-refractivity contribution is 8.14. The van der Waals surface area contributed by atoms with Gasteiger partial charge in [-0.15, -0.1) is 11.8 Å². The maximum absolute atomic E-state index is 12.8. The minimum atomic E-state index is -0.658. The molecular formula is C34H59N5O7S. The quantitative estimate of drug-likeness (QED) is 0.147. The van der Waals surface area contributed by atoms with E-state index in [0.29, 0.717) is 37.0 Å². The predicted octanol–water partition coefficient (Wildman–Crippen LogP) is 3.18. The van der Waals surface area contributed by atoms with Crippen molar-refractivity contribution in [1.82, 2.24) is 20.4 Å². The summed E-state index contributed by atoms with van der Waals surface area (Å²) in [6.45, 7) is 15.0. The van der Waals surface area contributed by atoms with Gasteiger partial charge in [-0.1, -0.05) is 54.0 Å². The maximum atomic E-state index is 12.8. The van der Waals surface area contributed by atoms with E-state index in [1.165, 1.54) is 23.9 Å². The number of aliphatic hydroxyl groups excluding tert-OH is 1. The predicted molar refractivity (Wildman–Crippen MR) is 187 cm³/mol. The third-order valence-electron chi connectivity index (χ3n) is 8.48. The molecule has 4 amide bonds. The standard InChI is InChI=1S/C34H59N5O7S/c1-12-21(2)15-29(41)38(10)19-31(43)46-27(34(6,7)8)14-22(3)13-26(40)17-28-37-25(20-47-28)16-23(4)32(44)36-18-30(42)39(11)24(5)33(45)35-9/h16,21-22,24-27,40H,12-15,17-20H2,1-11H3,(H,35,45)(H,36,44)/b23-16+/t21?,22-,24-,25?,26?,27?/m0/s1. The van der Waals surface area contributed by atoms with Gasteiger partial charge in [-0.2, -0.15) is 0 Å². The number of amides is 4. The largest absolute Gasteiger partial charge is 0.460 e. The normalized spacial score (nSPS) is 18.3. The molecule has 12 nitrogen and oxygen atoms in total. The number of carbonyl (C=O) groups excluding carboxylic acids is 5. The van der Waals surface area contributed by atoms with E-state index in [0.717, 1.165) is 11.5 Å². The minimum absolute atomic E-state index is 0.0570. The van der Waals surface area contributed by atoms with Crippen LogP contribution in [0, 0.1) is 17.3 Å². The van der Waals surface area contributed by atoms with Crippen LogP contribution in [-0.2, 0) is 28.7 Å². The first kappa shape index (κ1) is 42.1. The fourth-order valence-electron chi connectivity index (χ4n) is 4.89. The molecule has 0 aliphatic carbocycles. The van der Waals surface area contributed by atoms with Crippen molar-refractivity contribution >= 4 is 46.4 Å². The Hall–Kier alpha value is -2.93. The molecule has 1 aliphatic rings. The molecule has 0 radical (unpaired) electrons. The molecule has 0 saturated carbocycles. The molecular weight excluding hydrogens is 622 g/mol. The average Bonchev–Trinajstić information content (AvgIpc) is 3.43. The second kappa shape index (κ2) is 19.8. The first-order valence-electron chi connectivity index (χ1n) is 16.5. The van der Waals surface area contributed by atoms with Crippen molar-refractivity contribution in [3.63, 3.8) is 0 Å². The summed E-state index contributed by atoms with van der Waals surface area (Å²) >= 11 is 1.54. The molecule has 13 heteroatoms. The van der Waals surface area contributed by atoms with Gasteiger partial charge in [0.05, 0.1) is 23.7 Å². The van der Waals surface area contributed by atoms with E-state index >= 15 is 0 Å². The van der Waals surface area contributed by atoms with E-state index in [-0.39, 0.29) is 66.1 Å². The number of nitrogens with one attached hydrogen (secondary N) is 2. The molecule has 0 aromatic rings. The van der Waals surface area contributed by atoms with Crippen molar-refractivity contribution in [3.05, 3.63) is 11.6 Å². The highest BCUT2D eigenvalue weighted by Gasteiger charge is 2.32. The van der Waals surface area contributed by atoms with Crippen molar-refractivity contribution in [1.29, 1.82) is 0 Å². The van der Waals surface area contributed by atoms with Crippen molar-refractivity contribution in [2.24, 2.45) is 22.2 Å². The summed E-state index contributed by atoms with van der Waals surface area (Å²) in [5.74, 6) is -0.625. The van der Waals surface area contributed by atoms with Crippen molar-refractivity contribution in [2.45, 2.75) is 112 Å². The van der Waals surface area contributed by atoms with Gasteiger partial charge in [-0.3, -0.25) is 29.0 Å². The molecule has 0 aromatic heterocycles. The second-order valence-electron chi connectivity index (χ2n) is 14.0. The molecule has 0 aromatic carbocycles. The topological polar surface area (TPSA) is 158 Å². The Morgan fingerprint density at radius 3 is 2.30 bits per heavy atom. The fraction of sp³-hybridized carbons (Fsp3) is 0.765. The van der Waals surface area contributed by atoms with E-state index < -0.39 is 18.1 Å². The Bertz CT molecular complexity index is 1150. The summed E-state index contributed by atoms with van der Waals surface area (Å²) in [4.78, 5) is 69.3. The Balaban J connectivity index is 2.65. The average molecular weight is 682 g/mol. The molecule has 47 heavy (non-hydrogen) atoms. The van der Waals surface area contributed by atoms with Crippen molar-refractivity contribution in [2.75, 3.05) is 40.0 Å². The number of hydrogen-bond donors (Lipinski definition) is 3. The molecule has 0 bridgehead atoms. The maximum Gasteiger partial charge on any atom is 0.325 e. The van der Waals surface area contributed by atoms with Crippen molar-refractivity contribution < 1.29 is 33.8 Å². The van der Waals surface area contributed by atoms with Gasteiger partial charge in [-0.05, 0) is 43.9 Å². The molecule has 1 aliphatic heterocycles. The van der Waals surface area contributed by atoms with Gasteiger partial charge in [-0.25, -0.2) is 0 Å². The lowest BCUT2D eigenvalue weighted by Gasteiger charge is -2.33. The number of carbonyl (C=O) groups is 5. The smallest absolute Gasteiger partial charge is 0.325 e. The Kier molecular flexibility index (Phi) is 17.7. The van der Waals surface area contributed by atoms with Gasteiger partial charge in [0, 0.05) is 45.3 Å². The molecule has 6 atom stereocenters. The van der Waals surface area contributed by atoms with Crippen LogP contribution >= 0.6 is 11.8 Å². The lowest BCUT2D eigenvalue weighted by molar-refractivity contribution is -0.159. The molecule has 3 N–H and O–H groups in total. The summed E-state index contributed by atoms with van der Waals surface area (Å²) in [6.07, 6.45) is 3.49. The zero-order valence-corrected chi connectivity index (χ0v) is 31.2. The van der Waals surface area contributed by atoms with Crippen LogP contribution in [0.2, 0.25) is 0 Å². The Morgan fingerprint density at radius 2 is 1.72 bits per heavy atom. The van der Waals surface area contributed by atoms with Gasteiger partial charge in [0.15, 0.2) is 0 Å². The molecule has 0 saturated heterocycles. The fourth-order valence-corrected chi connectivity index (χ4v) is 5.94. The van der Waals surface area contributed by atoms with Crippen LogP contribution < -0.4 is 10.6 Å². The molecule has 268 valence electrons. The Morgan fingerprint density at radius 1 is 1.09 bits per heavy atom. The van der Waals surface area contributed by atoms with E-state index in [2.05, 4.69) is 15.6 Å². The summed E-state index contributed by atoms with van der Waals surface area (Å²) in [5, 5.41) is 16.8. The van der Waals surface area contributed by atoms with E-state index in [1.807, 2.05) is 41.5 Å². The number of likely N-dealkylation sites (N-methyl/N-ethyl adjacent to an activating group) is 3. The van der Waals surface area contributed by atoms with E-state index in [9.17, 15) is 29.1 Å². The third kappa shape index (κ3) is 15.2. The van der Waals surface area contributed by atoms with Gasteiger partial charge >= 0.3 is 5.97 Å². The highest BCUT2D eigenvalue weighted by atomic mass is 32.2. The lowest BCUT2D eigenvalue weighted by atomic mass is 9.82. The number of hydrogen-bond acceptors (Lipinski definition) is 9. The third-order valence-corrected chi connectivity index (χ3v) is 9.60. The van der Waals surface area contributed by atoms with Crippen molar-refractivity contribution in [3.8, 4) is 0 Å². The molecule has 0 spiro atoms.